The first-order valence-electron chi connectivity index (χ1n) is 5.43. The van der Waals surface area contributed by atoms with Gasteiger partial charge in [0, 0.05) is 24.1 Å². The number of aliphatic carboxylic acids is 1. The van der Waals surface area contributed by atoms with Crippen LogP contribution in [0.4, 0.5) is 8.78 Å². The Hall–Kier alpha value is -1.49. The van der Waals surface area contributed by atoms with Gasteiger partial charge >= 0.3 is 5.97 Å². The fourth-order valence-electron chi connectivity index (χ4n) is 1.60. The molecule has 0 heterocycles. The number of halogens is 2. The van der Waals surface area contributed by atoms with E-state index in [1.807, 2.05) is 0 Å². The molecule has 17 heavy (non-hydrogen) atoms. The van der Waals surface area contributed by atoms with Crippen molar-refractivity contribution in [2.24, 2.45) is 5.73 Å². The van der Waals surface area contributed by atoms with E-state index in [-0.39, 0.29) is 12.0 Å². The predicted octanol–water partition coefficient (Wildman–Crippen LogP) is 2.61. The molecule has 1 unspecified atom stereocenters. The number of carbonyl (C=O) groups is 1. The third-order valence-electron chi connectivity index (χ3n) is 2.52. The van der Waals surface area contributed by atoms with Crippen molar-refractivity contribution in [2.75, 3.05) is 0 Å². The molecule has 1 aromatic carbocycles. The normalized spacial score (nSPS) is 12.4. The molecule has 5 heteroatoms. The lowest BCUT2D eigenvalue weighted by molar-refractivity contribution is -0.137. The molecule has 0 spiro atoms. The van der Waals surface area contributed by atoms with Crippen molar-refractivity contribution in [3.05, 3.63) is 35.4 Å². The maximum atomic E-state index is 13.3. The Kier molecular flexibility index (Phi) is 5.03. The molecule has 94 valence electrons. The zero-order chi connectivity index (χ0) is 12.8. The minimum atomic E-state index is -0.855. The first-order valence-corrected chi connectivity index (χ1v) is 5.43. The fourth-order valence-corrected chi connectivity index (χ4v) is 1.60. The smallest absolute Gasteiger partial charge is 0.303 e. The molecule has 1 aromatic rings. The van der Waals surface area contributed by atoms with Gasteiger partial charge in [0.25, 0.3) is 0 Å². The second-order valence-corrected chi connectivity index (χ2v) is 3.91. The van der Waals surface area contributed by atoms with Crippen LogP contribution in [-0.4, -0.2) is 11.1 Å². The van der Waals surface area contributed by atoms with E-state index in [4.69, 9.17) is 10.8 Å². The van der Waals surface area contributed by atoms with Gasteiger partial charge < -0.3 is 10.8 Å². The molecular weight excluding hydrogens is 228 g/mol. The first-order chi connectivity index (χ1) is 8.00. The van der Waals surface area contributed by atoms with Crippen LogP contribution in [0.5, 0.6) is 0 Å². The Morgan fingerprint density at radius 3 is 2.65 bits per heavy atom. The number of hydrogen-bond donors (Lipinski definition) is 2. The number of carboxylic acid groups (broad SMARTS) is 1. The Morgan fingerprint density at radius 2 is 2.06 bits per heavy atom. The zero-order valence-corrected chi connectivity index (χ0v) is 9.33. The highest BCUT2D eigenvalue weighted by atomic mass is 19.1. The second-order valence-electron chi connectivity index (χ2n) is 3.91. The molecule has 0 aromatic heterocycles. The minimum absolute atomic E-state index is 0.0820. The molecule has 0 saturated heterocycles. The SMILES string of the molecule is NC(CCCCC(=O)O)c1ccc(F)cc1F. The molecule has 0 bridgehead atoms. The standard InChI is InChI=1S/C12H15F2NO2/c13-8-5-6-9(10(14)7-8)11(15)3-1-2-4-12(16)17/h5-7,11H,1-4,15H2,(H,16,17). The molecule has 0 amide bonds. The topological polar surface area (TPSA) is 63.3 Å². The van der Waals surface area contributed by atoms with Crippen molar-refractivity contribution in [2.45, 2.75) is 31.7 Å². The van der Waals surface area contributed by atoms with Crippen LogP contribution in [0.25, 0.3) is 0 Å². The summed E-state index contributed by atoms with van der Waals surface area (Å²) in [6, 6.07) is 2.76. The highest BCUT2D eigenvalue weighted by molar-refractivity contribution is 5.66. The summed E-state index contributed by atoms with van der Waals surface area (Å²) in [5.41, 5.74) is 6.02. The number of benzene rings is 1. The lowest BCUT2D eigenvalue weighted by Crippen LogP contribution is -2.12. The van der Waals surface area contributed by atoms with Crippen molar-refractivity contribution < 1.29 is 18.7 Å². The van der Waals surface area contributed by atoms with E-state index in [2.05, 4.69) is 0 Å². The van der Waals surface area contributed by atoms with Crippen LogP contribution in [0.3, 0.4) is 0 Å². The quantitative estimate of drug-likeness (QED) is 0.755. The molecule has 3 N–H and O–H groups in total. The summed E-state index contributed by atoms with van der Waals surface area (Å²) in [7, 11) is 0. The molecule has 0 aliphatic carbocycles. The third kappa shape index (κ3) is 4.48. The van der Waals surface area contributed by atoms with Gasteiger partial charge in [-0.05, 0) is 18.9 Å². The summed E-state index contributed by atoms with van der Waals surface area (Å²) >= 11 is 0. The minimum Gasteiger partial charge on any atom is -0.481 e. The largest absolute Gasteiger partial charge is 0.481 e. The van der Waals surface area contributed by atoms with E-state index in [1.54, 1.807) is 0 Å². The summed E-state index contributed by atoms with van der Waals surface area (Å²) in [6.45, 7) is 0. The van der Waals surface area contributed by atoms with E-state index in [9.17, 15) is 13.6 Å². The van der Waals surface area contributed by atoms with Gasteiger partial charge in [0.05, 0.1) is 0 Å². The Labute approximate surface area is 98.2 Å². The molecule has 1 atom stereocenters. The van der Waals surface area contributed by atoms with Gasteiger partial charge in [-0.2, -0.15) is 0 Å². The summed E-state index contributed by atoms with van der Waals surface area (Å²) in [5, 5.41) is 8.44. The summed E-state index contributed by atoms with van der Waals surface area (Å²) < 4.78 is 26.0. The van der Waals surface area contributed by atoms with Gasteiger partial charge in [0.1, 0.15) is 11.6 Å². The van der Waals surface area contributed by atoms with E-state index in [1.165, 1.54) is 6.07 Å². The molecule has 0 radical (unpaired) electrons. The summed E-state index contributed by atoms with van der Waals surface area (Å²) in [4.78, 5) is 10.3. The van der Waals surface area contributed by atoms with Crippen molar-refractivity contribution >= 4 is 5.97 Å². The van der Waals surface area contributed by atoms with Crippen LogP contribution in [0, 0.1) is 11.6 Å². The van der Waals surface area contributed by atoms with Gasteiger partial charge in [-0.15, -0.1) is 0 Å². The lowest BCUT2D eigenvalue weighted by Gasteiger charge is -2.12. The Morgan fingerprint density at radius 1 is 1.35 bits per heavy atom. The molecule has 0 aliphatic rings. The molecule has 0 fully saturated rings. The molecule has 0 aliphatic heterocycles. The van der Waals surface area contributed by atoms with Gasteiger partial charge in [-0.3, -0.25) is 4.79 Å². The van der Waals surface area contributed by atoms with Crippen LogP contribution in [0.2, 0.25) is 0 Å². The van der Waals surface area contributed by atoms with Crippen LogP contribution in [0.1, 0.15) is 37.3 Å². The Balaban J connectivity index is 2.46. The van der Waals surface area contributed by atoms with Crippen LogP contribution in [0.15, 0.2) is 18.2 Å². The fraction of sp³-hybridized carbons (Fsp3) is 0.417. The summed E-state index contributed by atoms with van der Waals surface area (Å²) in [6.07, 6.45) is 1.67. The summed E-state index contributed by atoms with van der Waals surface area (Å²) in [5.74, 6) is -2.15. The van der Waals surface area contributed by atoms with Crippen molar-refractivity contribution in [1.29, 1.82) is 0 Å². The van der Waals surface area contributed by atoms with Crippen molar-refractivity contribution in [3.8, 4) is 0 Å². The van der Waals surface area contributed by atoms with Crippen molar-refractivity contribution in [1.82, 2.24) is 0 Å². The van der Waals surface area contributed by atoms with Crippen LogP contribution >= 0.6 is 0 Å². The van der Waals surface area contributed by atoms with Gasteiger partial charge in [-0.1, -0.05) is 12.5 Å². The molecule has 1 rings (SSSR count). The Bertz CT molecular complexity index is 396. The monoisotopic (exact) mass is 243 g/mol. The number of rotatable bonds is 6. The van der Waals surface area contributed by atoms with Gasteiger partial charge in [0.15, 0.2) is 0 Å². The average molecular weight is 243 g/mol. The van der Waals surface area contributed by atoms with E-state index in [0.29, 0.717) is 19.3 Å². The maximum Gasteiger partial charge on any atom is 0.303 e. The average Bonchev–Trinajstić information content (AvgIpc) is 2.23. The first kappa shape index (κ1) is 13.6. The van der Waals surface area contributed by atoms with E-state index in [0.717, 1.165) is 12.1 Å². The van der Waals surface area contributed by atoms with Gasteiger partial charge in [-0.25, -0.2) is 8.78 Å². The number of unbranched alkanes of at least 4 members (excludes halogenated alkanes) is 1. The number of hydrogen-bond acceptors (Lipinski definition) is 2. The second kappa shape index (κ2) is 6.30. The number of carboxylic acids is 1. The predicted molar refractivity (Wildman–Crippen MR) is 59.4 cm³/mol. The van der Waals surface area contributed by atoms with Crippen LogP contribution in [-0.2, 0) is 4.79 Å². The molecule has 3 nitrogen and oxygen atoms in total. The third-order valence-corrected chi connectivity index (χ3v) is 2.52. The number of nitrogens with two attached hydrogens (primary N) is 1. The zero-order valence-electron chi connectivity index (χ0n) is 9.33. The van der Waals surface area contributed by atoms with Crippen LogP contribution < -0.4 is 5.73 Å². The van der Waals surface area contributed by atoms with E-state index >= 15 is 0 Å². The molecule has 0 saturated carbocycles. The van der Waals surface area contributed by atoms with E-state index < -0.39 is 23.6 Å². The maximum absolute atomic E-state index is 13.3. The highest BCUT2D eigenvalue weighted by Crippen LogP contribution is 2.21. The lowest BCUT2D eigenvalue weighted by atomic mass is 10.0. The highest BCUT2D eigenvalue weighted by Gasteiger charge is 2.12. The van der Waals surface area contributed by atoms with Crippen molar-refractivity contribution in [3.63, 3.8) is 0 Å². The molecular formula is C12H15F2NO2. The van der Waals surface area contributed by atoms with Gasteiger partial charge in [0.2, 0.25) is 0 Å².